The lowest BCUT2D eigenvalue weighted by Gasteiger charge is -2.28. The Bertz CT molecular complexity index is 1450. The number of fused-ring (bicyclic) bond motifs is 2. The molecule has 5 rings (SSSR count). The summed E-state index contributed by atoms with van der Waals surface area (Å²) in [6.45, 7) is 4.56. The molecule has 0 spiro atoms. The molecular formula is C25H27N3O5S. The molecule has 9 heteroatoms. The summed E-state index contributed by atoms with van der Waals surface area (Å²) < 4.78 is 39.6. The number of rotatable bonds is 8. The third-order valence-corrected chi connectivity index (χ3v) is 8.08. The first-order valence-corrected chi connectivity index (χ1v) is 12.8. The van der Waals surface area contributed by atoms with E-state index in [-0.39, 0.29) is 17.0 Å². The SMILES string of the molecule is O=c1[nH]c2ccc(S(=O)(=O)N(CCCN3CCOCC3)Cc3cccc4ccccc34)cc2o1. The van der Waals surface area contributed by atoms with Crippen molar-refractivity contribution >= 4 is 31.9 Å². The van der Waals surface area contributed by atoms with Crippen molar-refractivity contribution in [1.29, 1.82) is 0 Å². The molecule has 2 heterocycles. The summed E-state index contributed by atoms with van der Waals surface area (Å²) in [5, 5.41) is 2.10. The van der Waals surface area contributed by atoms with Gasteiger partial charge in [-0.3, -0.25) is 9.88 Å². The lowest BCUT2D eigenvalue weighted by molar-refractivity contribution is 0.0368. The Morgan fingerprint density at radius 1 is 1.00 bits per heavy atom. The molecule has 1 aliphatic rings. The van der Waals surface area contributed by atoms with Crippen LogP contribution in [0, 0.1) is 0 Å². The van der Waals surface area contributed by atoms with Crippen LogP contribution in [-0.2, 0) is 21.3 Å². The zero-order valence-electron chi connectivity index (χ0n) is 18.8. The molecule has 34 heavy (non-hydrogen) atoms. The quantitative estimate of drug-likeness (QED) is 0.415. The van der Waals surface area contributed by atoms with E-state index in [0.717, 1.165) is 36.0 Å². The van der Waals surface area contributed by atoms with Crippen LogP contribution >= 0.6 is 0 Å². The number of nitrogens with zero attached hydrogens (tertiary/aromatic N) is 2. The largest absolute Gasteiger partial charge is 0.417 e. The molecule has 0 amide bonds. The highest BCUT2D eigenvalue weighted by Gasteiger charge is 2.26. The van der Waals surface area contributed by atoms with E-state index in [1.165, 1.54) is 16.4 Å². The smallest absolute Gasteiger partial charge is 0.408 e. The van der Waals surface area contributed by atoms with Gasteiger partial charge in [0, 0.05) is 32.2 Å². The molecule has 8 nitrogen and oxygen atoms in total. The van der Waals surface area contributed by atoms with Crippen molar-refractivity contribution in [3.05, 3.63) is 76.8 Å². The van der Waals surface area contributed by atoms with Gasteiger partial charge in [-0.1, -0.05) is 42.5 Å². The number of hydrogen-bond acceptors (Lipinski definition) is 6. The standard InChI is InChI=1S/C25H27N3O5S/c29-25-26-23-10-9-21(17-24(23)33-25)34(30,31)28(12-4-11-27-13-15-32-16-14-27)18-20-7-3-6-19-5-1-2-8-22(19)20/h1-3,5-10,17H,4,11-16,18H2,(H,26,29). The number of hydrogen-bond donors (Lipinski definition) is 1. The van der Waals surface area contributed by atoms with Crippen LogP contribution in [0.3, 0.4) is 0 Å². The van der Waals surface area contributed by atoms with E-state index in [4.69, 9.17) is 9.15 Å². The topological polar surface area (TPSA) is 95.8 Å². The summed E-state index contributed by atoms with van der Waals surface area (Å²) in [4.78, 5) is 16.5. The van der Waals surface area contributed by atoms with Gasteiger partial charge in [-0.2, -0.15) is 4.31 Å². The number of aromatic nitrogens is 1. The van der Waals surface area contributed by atoms with Gasteiger partial charge < -0.3 is 9.15 Å². The van der Waals surface area contributed by atoms with Crippen LogP contribution in [0.2, 0.25) is 0 Å². The fourth-order valence-electron chi connectivity index (χ4n) is 4.44. The predicted octanol–water partition coefficient (Wildman–Crippen LogP) is 3.19. The molecule has 1 saturated heterocycles. The van der Waals surface area contributed by atoms with Crippen molar-refractivity contribution < 1.29 is 17.6 Å². The second-order valence-electron chi connectivity index (χ2n) is 8.46. The van der Waals surface area contributed by atoms with Crippen LogP contribution in [0.25, 0.3) is 21.9 Å². The highest BCUT2D eigenvalue weighted by molar-refractivity contribution is 7.89. The highest BCUT2D eigenvalue weighted by Crippen LogP contribution is 2.25. The van der Waals surface area contributed by atoms with Crippen LogP contribution < -0.4 is 5.76 Å². The maximum atomic E-state index is 13.8. The summed E-state index contributed by atoms with van der Waals surface area (Å²) in [6.07, 6.45) is 0.700. The summed E-state index contributed by atoms with van der Waals surface area (Å²) in [7, 11) is -3.84. The fraction of sp³-hybridized carbons (Fsp3) is 0.320. The minimum absolute atomic E-state index is 0.106. The van der Waals surface area contributed by atoms with Crippen molar-refractivity contribution in [2.75, 3.05) is 39.4 Å². The number of benzene rings is 3. The summed E-state index contributed by atoms with van der Waals surface area (Å²) in [6, 6.07) is 18.4. The van der Waals surface area contributed by atoms with Gasteiger partial charge in [-0.15, -0.1) is 0 Å². The summed E-state index contributed by atoms with van der Waals surface area (Å²) >= 11 is 0. The third kappa shape index (κ3) is 4.78. The number of morpholine rings is 1. The van der Waals surface area contributed by atoms with E-state index in [0.29, 0.717) is 31.7 Å². The van der Waals surface area contributed by atoms with E-state index in [1.807, 2.05) is 42.5 Å². The van der Waals surface area contributed by atoms with Gasteiger partial charge in [-0.05, 0) is 41.4 Å². The number of nitrogens with one attached hydrogen (secondary N) is 1. The van der Waals surface area contributed by atoms with Gasteiger partial charge in [0.2, 0.25) is 10.0 Å². The third-order valence-electron chi connectivity index (χ3n) is 6.24. The number of aromatic amines is 1. The molecule has 0 aliphatic carbocycles. The van der Waals surface area contributed by atoms with E-state index >= 15 is 0 Å². The molecule has 1 aromatic heterocycles. The number of sulfonamides is 1. The van der Waals surface area contributed by atoms with E-state index in [9.17, 15) is 13.2 Å². The van der Waals surface area contributed by atoms with Crippen LogP contribution in [0.4, 0.5) is 0 Å². The number of oxazole rings is 1. The van der Waals surface area contributed by atoms with Crippen LogP contribution in [0.5, 0.6) is 0 Å². The molecule has 0 bridgehead atoms. The minimum Gasteiger partial charge on any atom is -0.408 e. The Morgan fingerprint density at radius 2 is 1.79 bits per heavy atom. The summed E-state index contributed by atoms with van der Waals surface area (Å²) in [5.74, 6) is -0.609. The minimum atomic E-state index is -3.84. The van der Waals surface area contributed by atoms with Crippen molar-refractivity contribution in [3.8, 4) is 0 Å². The maximum absolute atomic E-state index is 13.8. The number of H-pyrrole nitrogens is 1. The molecule has 1 fully saturated rings. The van der Waals surface area contributed by atoms with Crippen molar-refractivity contribution in [3.63, 3.8) is 0 Å². The Kier molecular flexibility index (Phi) is 6.51. The molecule has 0 radical (unpaired) electrons. The first-order valence-electron chi connectivity index (χ1n) is 11.4. The first kappa shape index (κ1) is 22.8. The molecule has 1 N–H and O–H groups in total. The molecule has 178 valence electrons. The molecule has 0 unspecified atom stereocenters. The first-order chi connectivity index (χ1) is 16.5. The van der Waals surface area contributed by atoms with Crippen LogP contribution in [0.1, 0.15) is 12.0 Å². The van der Waals surface area contributed by atoms with Gasteiger partial charge in [0.1, 0.15) is 0 Å². The van der Waals surface area contributed by atoms with Gasteiger partial charge in [0.15, 0.2) is 5.58 Å². The lowest BCUT2D eigenvalue weighted by Crippen LogP contribution is -2.39. The monoisotopic (exact) mass is 481 g/mol. The number of ether oxygens (including phenoxy) is 1. The van der Waals surface area contributed by atoms with Gasteiger partial charge >= 0.3 is 5.76 Å². The Morgan fingerprint density at radius 3 is 2.65 bits per heavy atom. The molecule has 0 atom stereocenters. The average Bonchev–Trinajstić information content (AvgIpc) is 3.23. The molecule has 4 aromatic rings. The van der Waals surface area contributed by atoms with Gasteiger partial charge in [-0.25, -0.2) is 13.2 Å². The zero-order valence-corrected chi connectivity index (χ0v) is 19.6. The molecule has 3 aromatic carbocycles. The van der Waals surface area contributed by atoms with E-state index in [1.54, 1.807) is 6.07 Å². The molecule has 1 aliphatic heterocycles. The lowest BCUT2D eigenvalue weighted by atomic mass is 10.0. The highest BCUT2D eigenvalue weighted by atomic mass is 32.2. The predicted molar refractivity (Wildman–Crippen MR) is 130 cm³/mol. The second-order valence-corrected chi connectivity index (χ2v) is 10.4. The zero-order chi connectivity index (χ0) is 23.5. The van der Waals surface area contributed by atoms with Crippen LogP contribution in [0.15, 0.2) is 74.8 Å². The average molecular weight is 482 g/mol. The Hall–Kier alpha value is -2.98. The Labute approximate surface area is 197 Å². The van der Waals surface area contributed by atoms with Crippen molar-refractivity contribution in [2.24, 2.45) is 0 Å². The molecule has 0 saturated carbocycles. The van der Waals surface area contributed by atoms with Gasteiger partial charge in [0.25, 0.3) is 0 Å². The van der Waals surface area contributed by atoms with E-state index < -0.39 is 15.8 Å². The second kappa shape index (κ2) is 9.71. The van der Waals surface area contributed by atoms with Crippen molar-refractivity contribution in [1.82, 2.24) is 14.2 Å². The maximum Gasteiger partial charge on any atom is 0.417 e. The fourth-order valence-corrected chi connectivity index (χ4v) is 5.91. The van der Waals surface area contributed by atoms with E-state index in [2.05, 4.69) is 9.88 Å². The molecular weight excluding hydrogens is 454 g/mol. The Balaban J connectivity index is 1.45. The van der Waals surface area contributed by atoms with Gasteiger partial charge in [0.05, 0.1) is 23.6 Å². The summed E-state index contributed by atoms with van der Waals surface area (Å²) in [5.41, 5.74) is 1.64. The normalized spacial score (nSPS) is 15.4. The van der Waals surface area contributed by atoms with Crippen molar-refractivity contribution in [2.45, 2.75) is 17.9 Å². The van der Waals surface area contributed by atoms with Crippen LogP contribution in [-0.4, -0.2) is 62.0 Å².